The number of carbonyl (C=O) groups excluding carboxylic acids is 3. The Bertz CT molecular complexity index is 1470. The van der Waals surface area contributed by atoms with E-state index in [-0.39, 0.29) is 25.9 Å². The first kappa shape index (κ1) is 71.2. The lowest BCUT2D eigenvalue weighted by atomic mass is 10.1. The lowest BCUT2D eigenvalue weighted by molar-refractivity contribution is -0.161. The summed E-state index contributed by atoms with van der Waals surface area (Å²) in [7, 11) is -4.75. The second-order valence-corrected chi connectivity index (χ2v) is 21.6. The van der Waals surface area contributed by atoms with Gasteiger partial charge >= 0.3 is 25.7 Å². The summed E-state index contributed by atoms with van der Waals surface area (Å²) in [6, 6.07) is 0. The third-order valence-electron chi connectivity index (χ3n) is 12.9. The van der Waals surface area contributed by atoms with Crippen LogP contribution in [0.4, 0.5) is 0 Å². The number of ether oxygens (including phenoxy) is 3. The Hall–Kier alpha value is -2.82. The third kappa shape index (κ3) is 54.0. The molecule has 11 nitrogen and oxygen atoms in total. The minimum atomic E-state index is -4.75. The van der Waals surface area contributed by atoms with E-state index in [1.54, 1.807) is 0 Å². The molecular weight excluding hydrogens is 952 g/mol. The number of hydrogen-bond donors (Lipinski definition) is 2. The van der Waals surface area contributed by atoms with E-state index in [4.69, 9.17) is 23.3 Å². The Morgan fingerprint density at radius 3 is 1.09 bits per heavy atom. The zero-order valence-electron chi connectivity index (χ0n) is 47.6. The van der Waals surface area contributed by atoms with Gasteiger partial charge in [0.05, 0.1) is 19.8 Å². The first-order chi connectivity index (χ1) is 36.2. The topological polar surface area (TPSA) is 155 Å². The maximum atomic E-state index is 12.9. The average molecular weight is 1060 g/mol. The molecule has 0 fully saturated rings. The van der Waals surface area contributed by atoms with Gasteiger partial charge in [0, 0.05) is 19.3 Å². The number of hydrogen-bond acceptors (Lipinski definition) is 10. The summed E-state index contributed by atoms with van der Waals surface area (Å²) in [5, 5.41) is 9.80. The Labute approximate surface area is 453 Å². The molecule has 0 saturated carbocycles. The van der Waals surface area contributed by atoms with Crippen molar-refractivity contribution >= 4 is 25.7 Å². The summed E-state index contributed by atoms with van der Waals surface area (Å²) in [4.78, 5) is 48.6. The standard InChI is InChI=1S/C62H111O11P/c1-4-7-10-13-16-19-22-24-26-28-29-31-33-35-38-41-44-47-50-53-62(66)73-59(55-69-60(64)51-48-45-42-39-37-34-32-30-27-25-23-20-17-14-11-8-5-2)57-71-74(67,68)70-56-58(54-63)72-61(65)52-49-46-43-40-36-21-18-15-12-9-6-3/h7,10,16,19,24-27,29,31,58-59,63H,4-6,8-9,11-15,17-18,20-23,28,30,32-57H2,1-3H3,(H,67,68)/b10-7-,19-16-,26-24-,27-25-,31-29-. The summed E-state index contributed by atoms with van der Waals surface area (Å²) >= 11 is 0. The van der Waals surface area contributed by atoms with Crippen molar-refractivity contribution in [1.82, 2.24) is 0 Å². The van der Waals surface area contributed by atoms with Crippen LogP contribution in [0.5, 0.6) is 0 Å². The minimum Gasteiger partial charge on any atom is -0.462 e. The normalized spacial score (nSPS) is 13.7. The summed E-state index contributed by atoms with van der Waals surface area (Å²) in [5.74, 6) is -1.47. The molecule has 0 aliphatic rings. The van der Waals surface area contributed by atoms with Gasteiger partial charge in [0.15, 0.2) is 6.10 Å². The van der Waals surface area contributed by atoms with E-state index < -0.39 is 57.8 Å². The third-order valence-corrected chi connectivity index (χ3v) is 13.9. The predicted octanol–water partition coefficient (Wildman–Crippen LogP) is 17.9. The zero-order valence-corrected chi connectivity index (χ0v) is 48.5. The quantitative estimate of drug-likeness (QED) is 0.0197. The maximum absolute atomic E-state index is 12.9. The molecule has 2 N–H and O–H groups in total. The molecule has 0 heterocycles. The fourth-order valence-electron chi connectivity index (χ4n) is 8.34. The van der Waals surface area contributed by atoms with Gasteiger partial charge in [-0.2, -0.15) is 0 Å². The van der Waals surface area contributed by atoms with Crippen molar-refractivity contribution < 1.29 is 52.2 Å². The molecular formula is C62H111O11P. The summed E-state index contributed by atoms with van der Waals surface area (Å²) in [5.41, 5.74) is 0. The molecule has 3 atom stereocenters. The van der Waals surface area contributed by atoms with E-state index in [0.29, 0.717) is 19.3 Å². The second kappa shape index (κ2) is 56.4. The maximum Gasteiger partial charge on any atom is 0.472 e. The number of phosphoric acid groups is 1. The number of esters is 3. The highest BCUT2D eigenvalue weighted by molar-refractivity contribution is 7.47. The van der Waals surface area contributed by atoms with Crippen LogP contribution in [0.3, 0.4) is 0 Å². The summed E-state index contributed by atoms with van der Waals surface area (Å²) in [6.07, 6.45) is 61.7. The van der Waals surface area contributed by atoms with Crippen LogP contribution in [0.15, 0.2) is 60.8 Å². The highest BCUT2D eigenvalue weighted by Gasteiger charge is 2.28. The first-order valence-electron chi connectivity index (χ1n) is 30.2. The Morgan fingerprint density at radius 2 is 0.703 bits per heavy atom. The van der Waals surface area contributed by atoms with Crippen LogP contribution in [0.1, 0.15) is 278 Å². The van der Waals surface area contributed by atoms with Gasteiger partial charge in [-0.15, -0.1) is 0 Å². The number of unbranched alkanes of at least 4 members (excludes halogenated alkanes) is 29. The van der Waals surface area contributed by atoms with Crippen LogP contribution in [-0.2, 0) is 42.2 Å². The van der Waals surface area contributed by atoms with Crippen molar-refractivity contribution in [3.05, 3.63) is 60.8 Å². The molecule has 0 bridgehead atoms. The zero-order chi connectivity index (χ0) is 54.1. The van der Waals surface area contributed by atoms with Gasteiger partial charge in [-0.3, -0.25) is 23.4 Å². The fourth-order valence-corrected chi connectivity index (χ4v) is 9.13. The van der Waals surface area contributed by atoms with Gasteiger partial charge in [-0.05, 0) is 83.5 Å². The minimum absolute atomic E-state index is 0.151. The lowest BCUT2D eigenvalue weighted by Crippen LogP contribution is -2.30. The smallest absolute Gasteiger partial charge is 0.462 e. The van der Waals surface area contributed by atoms with Crippen molar-refractivity contribution in [1.29, 1.82) is 0 Å². The predicted molar refractivity (Wildman–Crippen MR) is 307 cm³/mol. The number of rotatable bonds is 56. The number of allylic oxidation sites excluding steroid dienone is 10. The van der Waals surface area contributed by atoms with Gasteiger partial charge in [0.25, 0.3) is 0 Å². The van der Waals surface area contributed by atoms with Gasteiger partial charge in [0.2, 0.25) is 0 Å². The van der Waals surface area contributed by atoms with Gasteiger partial charge in [0.1, 0.15) is 12.7 Å². The average Bonchev–Trinajstić information content (AvgIpc) is 3.39. The van der Waals surface area contributed by atoms with Crippen LogP contribution in [0.25, 0.3) is 0 Å². The second-order valence-electron chi connectivity index (χ2n) is 20.1. The monoisotopic (exact) mass is 1060 g/mol. The van der Waals surface area contributed by atoms with E-state index in [1.165, 1.54) is 109 Å². The first-order valence-corrected chi connectivity index (χ1v) is 31.7. The van der Waals surface area contributed by atoms with Gasteiger partial charge in [-0.25, -0.2) is 4.57 Å². The summed E-state index contributed by atoms with van der Waals surface area (Å²) < 4.78 is 39.6. The van der Waals surface area contributed by atoms with E-state index in [0.717, 1.165) is 109 Å². The molecule has 0 amide bonds. The van der Waals surface area contributed by atoms with Crippen LogP contribution in [0.2, 0.25) is 0 Å². The molecule has 0 aromatic rings. The molecule has 0 radical (unpaired) electrons. The number of aliphatic hydroxyl groups excluding tert-OH is 1. The van der Waals surface area contributed by atoms with E-state index in [1.807, 2.05) is 0 Å². The van der Waals surface area contributed by atoms with Crippen LogP contribution >= 0.6 is 7.82 Å². The van der Waals surface area contributed by atoms with Crippen LogP contribution in [-0.4, -0.2) is 66.5 Å². The largest absolute Gasteiger partial charge is 0.472 e. The Balaban J connectivity index is 4.74. The van der Waals surface area contributed by atoms with E-state index >= 15 is 0 Å². The molecule has 430 valence electrons. The van der Waals surface area contributed by atoms with E-state index in [2.05, 4.69) is 81.5 Å². The summed E-state index contributed by atoms with van der Waals surface area (Å²) in [6.45, 7) is 4.53. The van der Waals surface area contributed by atoms with Gasteiger partial charge in [-0.1, -0.05) is 236 Å². The SMILES string of the molecule is CC/C=C\C/C=C\C/C=C\C/C=C\CCCCCCCCC(=O)OC(COC(=O)CCCCCCCCC/C=C\CCCCCCCC)COP(=O)(O)OCC(CO)OC(=O)CCCCCCCCCCCCC. The molecule has 74 heavy (non-hydrogen) atoms. The van der Waals surface area contributed by atoms with Gasteiger partial charge < -0.3 is 24.2 Å². The molecule has 3 unspecified atom stereocenters. The van der Waals surface area contributed by atoms with Crippen molar-refractivity contribution in [2.24, 2.45) is 0 Å². The Morgan fingerprint density at radius 1 is 0.392 bits per heavy atom. The molecule has 0 rings (SSSR count). The number of carbonyl (C=O) groups is 3. The molecule has 0 aromatic carbocycles. The fraction of sp³-hybridized carbons (Fsp3) is 0.790. The van der Waals surface area contributed by atoms with Crippen molar-refractivity contribution in [3.8, 4) is 0 Å². The van der Waals surface area contributed by atoms with Crippen molar-refractivity contribution in [2.75, 3.05) is 26.4 Å². The molecule has 0 spiro atoms. The molecule has 0 saturated heterocycles. The highest BCUT2D eigenvalue weighted by atomic mass is 31.2. The molecule has 0 aromatic heterocycles. The van der Waals surface area contributed by atoms with Crippen molar-refractivity contribution in [2.45, 2.75) is 290 Å². The molecule has 12 heteroatoms. The molecule has 0 aliphatic carbocycles. The number of phosphoric ester groups is 1. The molecule has 0 aliphatic heterocycles. The highest BCUT2D eigenvalue weighted by Crippen LogP contribution is 2.43. The van der Waals surface area contributed by atoms with Crippen LogP contribution in [0, 0.1) is 0 Å². The number of aliphatic hydroxyl groups is 1. The van der Waals surface area contributed by atoms with Crippen LogP contribution < -0.4 is 0 Å². The lowest BCUT2D eigenvalue weighted by Gasteiger charge is -2.21. The Kier molecular flexibility index (Phi) is 54.2. The van der Waals surface area contributed by atoms with E-state index in [9.17, 15) is 28.9 Å². The van der Waals surface area contributed by atoms with Crippen molar-refractivity contribution in [3.63, 3.8) is 0 Å².